The first kappa shape index (κ1) is 15.4. The van der Waals surface area contributed by atoms with Crippen LogP contribution in [0.4, 0.5) is 17.5 Å². The van der Waals surface area contributed by atoms with Crippen molar-refractivity contribution < 1.29 is 4.92 Å². The Morgan fingerprint density at radius 1 is 1.47 bits per heavy atom. The van der Waals surface area contributed by atoms with Crippen LogP contribution < -0.4 is 16.6 Å². The molecule has 0 bridgehead atoms. The fraction of sp³-hybridized carbons (Fsp3) is 0.600. The molecule has 0 amide bonds. The van der Waals surface area contributed by atoms with Crippen molar-refractivity contribution in [2.45, 2.75) is 19.3 Å². The number of nitrogen functional groups attached to an aromatic ring is 1. The molecule has 0 aliphatic heterocycles. The lowest BCUT2D eigenvalue weighted by atomic mass is 10.2. The Bertz CT molecular complexity index is 417. The number of rotatable bonds is 9. The van der Waals surface area contributed by atoms with Crippen LogP contribution >= 0.6 is 11.8 Å². The summed E-state index contributed by atoms with van der Waals surface area (Å²) in [6.07, 6.45) is 6.37. The first-order chi connectivity index (χ1) is 9.19. The lowest BCUT2D eigenvalue weighted by molar-refractivity contribution is -0.384. The second-order valence-electron chi connectivity index (χ2n) is 3.81. The van der Waals surface area contributed by atoms with Gasteiger partial charge in [-0.15, -0.1) is 0 Å². The normalized spacial score (nSPS) is 10.2. The average Bonchev–Trinajstić information content (AvgIpc) is 2.42. The number of nitrogens with zero attached hydrogens (tertiary/aromatic N) is 3. The third-order valence-electron chi connectivity index (χ3n) is 2.41. The van der Waals surface area contributed by atoms with Crippen molar-refractivity contribution in [1.82, 2.24) is 9.97 Å². The van der Waals surface area contributed by atoms with Crippen LogP contribution in [0.5, 0.6) is 0 Å². The lowest BCUT2D eigenvalue weighted by Gasteiger charge is -2.07. The van der Waals surface area contributed by atoms with Gasteiger partial charge in [-0.2, -0.15) is 16.7 Å². The molecular formula is C10H18N6O2S. The highest BCUT2D eigenvalue weighted by Crippen LogP contribution is 2.21. The van der Waals surface area contributed by atoms with Gasteiger partial charge in [0, 0.05) is 6.54 Å². The van der Waals surface area contributed by atoms with Crippen LogP contribution in [0.25, 0.3) is 0 Å². The van der Waals surface area contributed by atoms with Crippen molar-refractivity contribution in [3.05, 3.63) is 16.3 Å². The first-order valence-electron chi connectivity index (χ1n) is 5.90. The summed E-state index contributed by atoms with van der Waals surface area (Å²) in [5, 5.41) is 13.8. The summed E-state index contributed by atoms with van der Waals surface area (Å²) in [4.78, 5) is 18.0. The molecule has 0 atom stereocenters. The average molecular weight is 286 g/mol. The first-order valence-corrected chi connectivity index (χ1v) is 7.29. The van der Waals surface area contributed by atoms with E-state index >= 15 is 0 Å². The van der Waals surface area contributed by atoms with E-state index in [9.17, 15) is 10.1 Å². The van der Waals surface area contributed by atoms with Gasteiger partial charge in [0.05, 0.1) is 4.92 Å². The standard InChI is InChI=1S/C10H18N6O2S/c1-19-6-4-2-3-5-12-9-8(16(17)18)7-13-10(14-9)15-11/h7H,2-6,11H2,1H3,(H2,12,13,14,15). The summed E-state index contributed by atoms with van der Waals surface area (Å²) in [5.74, 6) is 6.65. The minimum absolute atomic E-state index is 0.149. The number of aromatic nitrogens is 2. The molecule has 0 fully saturated rings. The van der Waals surface area contributed by atoms with Gasteiger partial charge in [-0.3, -0.25) is 15.5 Å². The van der Waals surface area contributed by atoms with Gasteiger partial charge in [-0.05, 0) is 24.9 Å². The van der Waals surface area contributed by atoms with E-state index in [-0.39, 0.29) is 17.5 Å². The molecule has 8 nitrogen and oxygen atoms in total. The van der Waals surface area contributed by atoms with Crippen molar-refractivity contribution in [2.75, 3.05) is 29.3 Å². The van der Waals surface area contributed by atoms with Crippen LogP contribution in [0.2, 0.25) is 0 Å². The number of thioether (sulfide) groups is 1. The molecule has 0 saturated heterocycles. The number of hydrazine groups is 1. The summed E-state index contributed by atoms with van der Waals surface area (Å²) in [5.41, 5.74) is 2.11. The predicted octanol–water partition coefficient (Wildman–Crippen LogP) is 1.62. The van der Waals surface area contributed by atoms with E-state index < -0.39 is 4.92 Å². The molecule has 0 radical (unpaired) electrons. The molecule has 0 aromatic carbocycles. The van der Waals surface area contributed by atoms with Gasteiger partial charge in [-0.25, -0.2) is 10.8 Å². The fourth-order valence-electron chi connectivity index (χ4n) is 1.46. The van der Waals surface area contributed by atoms with Crippen LogP contribution in [0, 0.1) is 10.1 Å². The number of nitrogens with two attached hydrogens (primary N) is 1. The highest BCUT2D eigenvalue weighted by Gasteiger charge is 2.16. The van der Waals surface area contributed by atoms with E-state index in [1.807, 2.05) is 11.8 Å². The monoisotopic (exact) mass is 286 g/mol. The molecule has 1 aromatic rings. The largest absolute Gasteiger partial charge is 0.364 e. The number of nitrogens with one attached hydrogen (secondary N) is 2. The third kappa shape index (κ3) is 5.26. The molecule has 0 saturated carbocycles. The van der Waals surface area contributed by atoms with E-state index in [1.165, 1.54) is 0 Å². The molecule has 4 N–H and O–H groups in total. The van der Waals surface area contributed by atoms with Crippen molar-refractivity contribution in [3.8, 4) is 0 Å². The van der Waals surface area contributed by atoms with Gasteiger partial charge in [-0.1, -0.05) is 6.42 Å². The van der Waals surface area contributed by atoms with Gasteiger partial charge in [0.15, 0.2) is 0 Å². The van der Waals surface area contributed by atoms with Gasteiger partial charge in [0.1, 0.15) is 6.20 Å². The minimum atomic E-state index is -0.518. The molecule has 1 aromatic heterocycles. The van der Waals surface area contributed by atoms with Crippen LogP contribution in [0.1, 0.15) is 19.3 Å². The molecule has 19 heavy (non-hydrogen) atoms. The Hall–Kier alpha value is -1.61. The number of hydrogen-bond donors (Lipinski definition) is 3. The van der Waals surface area contributed by atoms with Crippen molar-refractivity contribution in [1.29, 1.82) is 0 Å². The number of hydrogen-bond acceptors (Lipinski definition) is 8. The van der Waals surface area contributed by atoms with Crippen LogP contribution in [0.15, 0.2) is 6.20 Å². The number of anilines is 2. The third-order valence-corrected chi connectivity index (χ3v) is 3.11. The zero-order valence-electron chi connectivity index (χ0n) is 10.8. The van der Waals surface area contributed by atoms with Gasteiger partial charge < -0.3 is 5.32 Å². The number of nitro groups is 1. The second-order valence-corrected chi connectivity index (χ2v) is 4.79. The fourth-order valence-corrected chi connectivity index (χ4v) is 1.96. The molecule has 1 rings (SSSR count). The maximum absolute atomic E-state index is 10.8. The minimum Gasteiger partial charge on any atom is -0.364 e. The van der Waals surface area contributed by atoms with Gasteiger partial charge >= 0.3 is 5.69 Å². The van der Waals surface area contributed by atoms with Crippen LogP contribution in [-0.2, 0) is 0 Å². The predicted molar refractivity (Wildman–Crippen MR) is 77.2 cm³/mol. The van der Waals surface area contributed by atoms with E-state index in [2.05, 4.69) is 27.0 Å². The summed E-state index contributed by atoms with van der Waals surface area (Å²) >= 11 is 1.81. The Kier molecular flexibility index (Phi) is 6.90. The summed E-state index contributed by atoms with van der Waals surface area (Å²) in [6, 6.07) is 0. The zero-order chi connectivity index (χ0) is 14.1. The highest BCUT2D eigenvalue weighted by molar-refractivity contribution is 7.98. The molecule has 0 spiro atoms. The molecule has 9 heteroatoms. The van der Waals surface area contributed by atoms with E-state index in [0.717, 1.165) is 31.2 Å². The molecule has 0 aliphatic rings. The van der Waals surface area contributed by atoms with Gasteiger partial charge in [0.2, 0.25) is 11.8 Å². The maximum Gasteiger partial charge on any atom is 0.329 e. The summed E-state index contributed by atoms with van der Waals surface area (Å²) in [7, 11) is 0. The molecule has 0 aliphatic carbocycles. The van der Waals surface area contributed by atoms with Crippen molar-refractivity contribution >= 4 is 29.2 Å². The smallest absolute Gasteiger partial charge is 0.329 e. The topological polar surface area (TPSA) is 119 Å². The second kappa shape index (κ2) is 8.48. The lowest BCUT2D eigenvalue weighted by Crippen LogP contribution is -2.13. The van der Waals surface area contributed by atoms with E-state index in [0.29, 0.717) is 6.54 Å². The maximum atomic E-state index is 10.8. The Balaban J connectivity index is 2.52. The summed E-state index contributed by atoms with van der Waals surface area (Å²) in [6.45, 7) is 0.635. The van der Waals surface area contributed by atoms with E-state index in [4.69, 9.17) is 5.84 Å². The van der Waals surface area contributed by atoms with Gasteiger partial charge in [0.25, 0.3) is 0 Å². The summed E-state index contributed by atoms with van der Waals surface area (Å²) < 4.78 is 0. The van der Waals surface area contributed by atoms with Crippen LogP contribution in [-0.4, -0.2) is 33.4 Å². The molecule has 0 unspecified atom stereocenters. The molecule has 1 heterocycles. The molecule has 106 valence electrons. The Morgan fingerprint density at radius 3 is 2.89 bits per heavy atom. The van der Waals surface area contributed by atoms with Crippen molar-refractivity contribution in [2.24, 2.45) is 5.84 Å². The highest BCUT2D eigenvalue weighted by atomic mass is 32.2. The number of unbranched alkanes of at least 4 members (excludes halogenated alkanes) is 2. The van der Waals surface area contributed by atoms with Crippen molar-refractivity contribution in [3.63, 3.8) is 0 Å². The van der Waals surface area contributed by atoms with E-state index in [1.54, 1.807) is 0 Å². The zero-order valence-corrected chi connectivity index (χ0v) is 11.6. The Morgan fingerprint density at radius 2 is 2.26 bits per heavy atom. The molecular weight excluding hydrogens is 268 g/mol. The van der Waals surface area contributed by atoms with Crippen LogP contribution in [0.3, 0.4) is 0 Å². The SMILES string of the molecule is CSCCCCCNc1nc(NN)ncc1[N+](=O)[O-]. The quantitative estimate of drug-likeness (QED) is 0.271. The Labute approximate surface area is 115 Å².